The molecular weight excluding hydrogens is 562 g/mol. The summed E-state index contributed by atoms with van der Waals surface area (Å²) in [6, 6.07) is 15.8. The van der Waals surface area contributed by atoms with E-state index in [0.717, 1.165) is 63.3 Å². The molecular formula is C32H33N7O3S. The first-order chi connectivity index (χ1) is 21.0. The van der Waals surface area contributed by atoms with Gasteiger partial charge in [0.15, 0.2) is 0 Å². The molecule has 1 amide bonds. The van der Waals surface area contributed by atoms with Crippen LogP contribution in [-0.2, 0) is 13.0 Å². The molecule has 6 rings (SSSR count). The fraction of sp³-hybridized carbons (Fsp3) is 0.281. The molecule has 11 heteroatoms. The van der Waals surface area contributed by atoms with Crippen LogP contribution in [0.15, 0.2) is 66.3 Å². The van der Waals surface area contributed by atoms with Crippen molar-refractivity contribution in [1.29, 1.82) is 0 Å². The second-order valence-electron chi connectivity index (χ2n) is 10.5. The number of aromatic nitrogens is 4. The lowest BCUT2D eigenvalue weighted by atomic mass is 10.0. The molecule has 0 bridgehead atoms. The molecule has 1 saturated heterocycles. The molecule has 1 fully saturated rings. The Balaban J connectivity index is 1.26. The number of fused-ring (bicyclic) bond motifs is 1. The van der Waals surface area contributed by atoms with Crippen LogP contribution in [0.4, 0.5) is 16.4 Å². The second-order valence-corrected chi connectivity index (χ2v) is 11.4. The van der Waals surface area contributed by atoms with Gasteiger partial charge >= 0.3 is 6.09 Å². The van der Waals surface area contributed by atoms with E-state index < -0.39 is 6.09 Å². The molecule has 43 heavy (non-hydrogen) atoms. The minimum Gasteiger partial charge on any atom is -0.465 e. The van der Waals surface area contributed by atoms with Gasteiger partial charge in [-0.3, -0.25) is 0 Å². The zero-order valence-electron chi connectivity index (χ0n) is 24.1. The van der Waals surface area contributed by atoms with Crippen LogP contribution in [0.2, 0.25) is 0 Å². The van der Waals surface area contributed by atoms with E-state index >= 15 is 0 Å². The Bertz CT molecular complexity index is 1760. The summed E-state index contributed by atoms with van der Waals surface area (Å²) in [5, 5.41) is 21.5. The molecule has 3 aromatic heterocycles. The first-order valence-corrected chi connectivity index (χ1v) is 15.3. The molecule has 4 heterocycles. The first kappa shape index (κ1) is 28.4. The number of aryl methyl sites for hydroxylation is 2. The SMILES string of the molecule is CCc1nc(CNc2cccc3c(Oc4ncccc4-c4ccnc(N[C@H]5CCCN(C(=O)O)C5)n4)c(C)ccc23)cs1. The maximum absolute atomic E-state index is 11.4. The highest BCUT2D eigenvalue weighted by molar-refractivity contribution is 7.09. The highest BCUT2D eigenvalue weighted by Crippen LogP contribution is 2.38. The minimum absolute atomic E-state index is 0.0601. The average molecular weight is 596 g/mol. The summed E-state index contributed by atoms with van der Waals surface area (Å²) in [7, 11) is 0. The number of carbonyl (C=O) groups is 1. The Morgan fingerprint density at radius 3 is 2.84 bits per heavy atom. The fourth-order valence-electron chi connectivity index (χ4n) is 5.30. The van der Waals surface area contributed by atoms with Crippen LogP contribution in [0.5, 0.6) is 11.6 Å². The molecule has 0 radical (unpaired) electrons. The monoisotopic (exact) mass is 595 g/mol. The van der Waals surface area contributed by atoms with Gasteiger partial charge in [0.2, 0.25) is 11.8 Å². The summed E-state index contributed by atoms with van der Waals surface area (Å²) < 4.78 is 6.57. The van der Waals surface area contributed by atoms with Crippen molar-refractivity contribution in [2.45, 2.75) is 45.7 Å². The molecule has 1 atom stereocenters. The van der Waals surface area contributed by atoms with Crippen LogP contribution < -0.4 is 15.4 Å². The van der Waals surface area contributed by atoms with Crippen LogP contribution in [-0.4, -0.2) is 55.2 Å². The van der Waals surface area contributed by atoms with Gasteiger partial charge in [-0.05, 0) is 56.0 Å². The number of piperidine rings is 1. The molecule has 0 unspecified atom stereocenters. The number of hydrogen-bond donors (Lipinski definition) is 3. The number of likely N-dealkylation sites (tertiary alicyclic amines) is 1. The second kappa shape index (κ2) is 12.6. The fourth-order valence-corrected chi connectivity index (χ4v) is 6.05. The Kier molecular flexibility index (Phi) is 8.32. The first-order valence-electron chi connectivity index (χ1n) is 14.4. The number of anilines is 2. The van der Waals surface area contributed by atoms with Gasteiger partial charge < -0.3 is 25.4 Å². The number of carboxylic acid groups (broad SMARTS) is 1. The predicted molar refractivity (Wildman–Crippen MR) is 169 cm³/mol. The van der Waals surface area contributed by atoms with Crippen molar-refractivity contribution in [2.24, 2.45) is 0 Å². The maximum Gasteiger partial charge on any atom is 0.407 e. The highest BCUT2D eigenvalue weighted by atomic mass is 32.1. The molecule has 0 aliphatic carbocycles. The number of pyridine rings is 1. The van der Waals surface area contributed by atoms with Crippen LogP contribution in [0, 0.1) is 6.92 Å². The van der Waals surface area contributed by atoms with Crippen LogP contribution in [0.3, 0.4) is 0 Å². The molecule has 10 nitrogen and oxygen atoms in total. The van der Waals surface area contributed by atoms with Crippen molar-refractivity contribution < 1.29 is 14.6 Å². The number of amides is 1. The standard InChI is InChI=1S/C32H33N7O3S/c1-3-28-36-22(19-43-28)17-35-26-10-4-8-24-23(26)12-11-20(2)29(24)42-30-25(9-5-14-33-30)27-13-15-34-31(38-27)37-21-7-6-16-39(18-21)32(40)41/h4-5,8-15,19,21,35H,3,6-7,16-18H2,1-2H3,(H,40,41)(H,34,37,38)/t21-/m0/s1. The van der Waals surface area contributed by atoms with E-state index in [1.165, 1.54) is 4.90 Å². The predicted octanol–water partition coefficient (Wildman–Crippen LogP) is 6.98. The molecule has 3 N–H and O–H groups in total. The number of nitrogens with zero attached hydrogens (tertiary/aromatic N) is 5. The lowest BCUT2D eigenvalue weighted by Crippen LogP contribution is -2.44. The van der Waals surface area contributed by atoms with Crippen molar-refractivity contribution in [3.8, 4) is 22.9 Å². The molecule has 1 aliphatic heterocycles. The van der Waals surface area contributed by atoms with Gasteiger partial charge in [-0.25, -0.2) is 24.7 Å². The van der Waals surface area contributed by atoms with Crippen molar-refractivity contribution in [3.63, 3.8) is 0 Å². The van der Waals surface area contributed by atoms with Crippen molar-refractivity contribution in [1.82, 2.24) is 24.8 Å². The smallest absolute Gasteiger partial charge is 0.407 e. The normalized spacial score (nSPS) is 14.9. The lowest BCUT2D eigenvalue weighted by Gasteiger charge is -2.31. The Morgan fingerprint density at radius 1 is 1.09 bits per heavy atom. The van der Waals surface area contributed by atoms with E-state index in [-0.39, 0.29) is 6.04 Å². The van der Waals surface area contributed by atoms with E-state index in [0.29, 0.717) is 37.2 Å². The van der Waals surface area contributed by atoms with Crippen molar-refractivity contribution in [2.75, 3.05) is 23.7 Å². The molecule has 5 aromatic rings. The van der Waals surface area contributed by atoms with Gasteiger partial charge in [-0.2, -0.15) is 0 Å². The zero-order chi connectivity index (χ0) is 29.8. The van der Waals surface area contributed by atoms with Gasteiger partial charge in [0.25, 0.3) is 0 Å². The molecule has 220 valence electrons. The molecule has 1 aliphatic rings. The number of rotatable bonds is 9. The number of nitrogens with one attached hydrogen (secondary N) is 2. The van der Waals surface area contributed by atoms with Gasteiger partial charge in [0.05, 0.1) is 28.5 Å². The van der Waals surface area contributed by atoms with E-state index in [1.54, 1.807) is 23.7 Å². The van der Waals surface area contributed by atoms with E-state index in [1.807, 2.05) is 31.2 Å². The molecule has 0 saturated carbocycles. The largest absolute Gasteiger partial charge is 0.465 e. The van der Waals surface area contributed by atoms with Gasteiger partial charge in [0, 0.05) is 53.4 Å². The summed E-state index contributed by atoms with van der Waals surface area (Å²) in [4.78, 5) is 31.3. The van der Waals surface area contributed by atoms with Crippen LogP contribution >= 0.6 is 11.3 Å². The Hall–Kier alpha value is -4.77. The Labute approximate surface area is 253 Å². The lowest BCUT2D eigenvalue weighted by molar-refractivity contribution is 0.132. The third kappa shape index (κ3) is 6.36. The summed E-state index contributed by atoms with van der Waals surface area (Å²) in [6.45, 7) is 5.72. The highest BCUT2D eigenvalue weighted by Gasteiger charge is 2.24. The van der Waals surface area contributed by atoms with Crippen molar-refractivity contribution in [3.05, 3.63) is 82.6 Å². The van der Waals surface area contributed by atoms with Gasteiger partial charge in [-0.1, -0.05) is 31.2 Å². The van der Waals surface area contributed by atoms with Crippen LogP contribution in [0.25, 0.3) is 22.0 Å². The third-order valence-electron chi connectivity index (χ3n) is 7.50. The third-order valence-corrected chi connectivity index (χ3v) is 8.54. The minimum atomic E-state index is -0.907. The van der Waals surface area contributed by atoms with Gasteiger partial charge in [-0.15, -0.1) is 11.3 Å². The maximum atomic E-state index is 11.4. The number of thiazole rings is 1. The van der Waals surface area contributed by atoms with E-state index in [2.05, 4.69) is 62.2 Å². The molecule has 0 spiro atoms. The van der Waals surface area contributed by atoms with E-state index in [4.69, 9.17) is 9.72 Å². The van der Waals surface area contributed by atoms with Crippen molar-refractivity contribution >= 4 is 39.8 Å². The quantitative estimate of drug-likeness (QED) is 0.165. The van der Waals surface area contributed by atoms with Gasteiger partial charge in [0.1, 0.15) is 5.75 Å². The van der Waals surface area contributed by atoms with Crippen LogP contribution in [0.1, 0.15) is 36.0 Å². The summed E-state index contributed by atoms with van der Waals surface area (Å²) in [5.41, 5.74) is 4.40. The molecule has 2 aromatic carbocycles. The number of benzene rings is 2. The summed E-state index contributed by atoms with van der Waals surface area (Å²) in [6.07, 6.45) is 5.05. The average Bonchev–Trinajstić information content (AvgIpc) is 3.50. The Morgan fingerprint density at radius 2 is 2.00 bits per heavy atom. The van der Waals surface area contributed by atoms with E-state index in [9.17, 15) is 9.90 Å². The summed E-state index contributed by atoms with van der Waals surface area (Å²) >= 11 is 1.69. The number of ether oxygens (including phenoxy) is 1. The number of hydrogen-bond acceptors (Lipinski definition) is 9. The zero-order valence-corrected chi connectivity index (χ0v) is 24.9. The topological polar surface area (TPSA) is 125 Å². The summed E-state index contributed by atoms with van der Waals surface area (Å²) in [5.74, 6) is 1.60.